The van der Waals surface area contributed by atoms with Crippen LogP contribution in [0, 0.1) is 0 Å². The Morgan fingerprint density at radius 1 is 0.769 bits per heavy atom. The molecule has 0 saturated carbocycles. The second kappa shape index (κ2) is 37.1. The van der Waals surface area contributed by atoms with Gasteiger partial charge in [0, 0.05) is 18.3 Å². The van der Waals surface area contributed by atoms with Crippen LogP contribution < -0.4 is 58.1 Å². The van der Waals surface area contributed by atoms with E-state index in [0.29, 0.717) is 0 Å². The summed E-state index contributed by atoms with van der Waals surface area (Å²) in [5.74, 6) is 0. The van der Waals surface area contributed by atoms with Crippen molar-refractivity contribution < 1.29 is 67.1 Å². The van der Waals surface area contributed by atoms with Gasteiger partial charge >= 0.3 is 84.7 Å². The quantitative estimate of drug-likeness (QED) is 0.405. The fraction of sp³-hybridized carbons (Fsp3) is 0. The minimum Gasteiger partial charge on any atom is -1.00 e. The third kappa shape index (κ3) is 552. The largest absolute Gasteiger partial charge is 3.00 e. The Morgan fingerprint density at radius 2 is 0.769 bits per heavy atom. The minimum absolute atomic E-state index is 0. The smallest absolute Gasteiger partial charge is 1.00 e. The van der Waals surface area contributed by atoms with Gasteiger partial charge in [-0.25, -0.2) is 0 Å². The van der Waals surface area contributed by atoms with Crippen LogP contribution in [-0.4, -0.2) is 73.4 Å². The van der Waals surface area contributed by atoms with Crippen LogP contribution in [0.3, 0.4) is 0 Å². The van der Waals surface area contributed by atoms with Crippen LogP contribution in [0.25, 0.3) is 0 Å². The van der Waals surface area contributed by atoms with Crippen LogP contribution in [0.15, 0.2) is 0 Å². The van der Waals surface area contributed by atoms with Gasteiger partial charge in [-0.3, -0.25) is 0 Å². The first-order chi connectivity index (χ1) is 3.46. The zero-order valence-electron chi connectivity index (χ0n) is 6.49. The van der Waals surface area contributed by atoms with Crippen molar-refractivity contribution in [2.24, 2.45) is 0 Å². The predicted octanol–water partition coefficient (Wildman–Crippen LogP) is -15.5. The number of hydrogen-bond acceptors (Lipinski definition) is 6. The van der Waals surface area contributed by atoms with Crippen molar-refractivity contribution in [1.82, 2.24) is 0 Å². The first kappa shape index (κ1) is 46.2. The molecule has 0 spiro atoms. The standard InChI is InChI=1S/Al.Ca.2FH.Na.2O3Si/c;;;;;2*1-4(2)3/h;;2*1H;;;/q+3;+2;;;+1;2*-2/p-2. The zero-order chi connectivity index (χ0) is 7.15. The monoisotopic (exact) mass is 280 g/mol. The molecule has 0 fully saturated rings. The third-order valence-corrected chi connectivity index (χ3v) is 0. The Labute approximate surface area is 138 Å². The SMILES string of the molecule is O=[Si]([O-])[O-].O=[Si]([O-])[O-].[Al+3].[Ca+2].[F-].[F-].[Na+]. The number of hydrogen-bond donors (Lipinski definition) is 0. The Bertz CT molecular complexity index is 86.6. The van der Waals surface area contributed by atoms with Crippen LogP contribution in [0.1, 0.15) is 0 Å². The van der Waals surface area contributed by atoms with Gasteiger partial charge in [0.25, 0.3) is 0 Å². The molecule has 0 unspecified atom stereocenters. The Balaban J connectivity index is -0.00000000800. The average Bonchev–Trinajstić information content (AvgIpc) is 1.25. The summed E-state index contributed by atoms with van der Waals surface area (Å²) in [6.45, 7) is 0. The van der Waals surface area contributed by atoms with Crippen molar-refractivity contribution in [2.75, 3.05) is 0 Å². The van der Waals surface area contributed by atoms with Crippen LogP contribution >= 0.6 is 0 Å². The van der Waals surface area contributed by atoms with Crippen molar-refractivity contribution in [3.05, 3.63) is 0 Å². The van der Waals surface area contributed by atoms with E-state index in [4.69, 9.17) is 28.1 Å². The summed E-state index contributed by atoms with van der Waals surface area (Å²) in [5.41, 5.74) is 0. The second-order valence-corrected chi connectivity index (χ2v) is 1.50. The minimum atomic E-state index is -3.63. The van der Waals surface area contributed by atoms with Crippen LogP contribution in [-0.2, 0) is 8.92 Å². The van der Waals surface area contributed by atoms with Gasteiger partial charge in [-0.15, -0.1) is 0 Å². The number of rotatable bonds is 0. The van der Waals surface area contributed by atoms with E-state index in [1.807, 2.05) is 0 Å². The molecule has 0 aromatic carbocycles. The van der Waals surface area contributed by atoms with Gasteiger partial charge < -0.3 is 37.5 Å². The van der Waals surface area contributed by atoms with Crippen molar-refractivity contribution in [3.63, 3.8) is 0 Å². The van der Waals surface area contributed by atoms with Gasteiger partial charge in [-0.05, 0) is 0 Å². The molecule has 0 saturated heterocycles. The first-order valence-corrected chi connectivity index (χ1v) is 3.67. The molecule has 0 aliphatic heterocycles. The van der Waals surface area contributed by atoms with Gasteiger partial charge in [0.1, 0.15) is 0 Å². The maximum atomic E-state index is 8.52. The molecule has 13 heavy (non-hydrogen) atoms. The summed E-state index contributed by atoms with van der Waals surface area (Å²) >= 11 is 0. The molecule has 0 aliphatic rings. The van der Waals surface area contributed by atoms with E-state index in [9.17, 15) is 0 Å². The normalized spacial score (nSPS) is 3.69. The van der Waals surface area contributed by atoms with Crippen molar-refractivity contribution in [1.29, 1.82) is 0 Å². The van der Waals surface area contributed by atoms with Crippen LogP contribution in [0.5, 0.6) is 0 Å². The van der Waals surface area contributed by atoms with E-state index >= 15 is 0 Å². The van der Waals surface area contributed by atoms with Crippen molar-refractivity contribution >= 4 is 73.4 Å². The van der Waals surface area contributed by atoms with Gasteiger partial charge in [0.2, 0.25) is 0 Å². The summed E-state index contributed by atoms with van der Waals surface area (Å²) in [6.07, 6.45) is 0. The van der Waals surface area contributed by atoms with E-state index in [2.05, 4.69) is 0 Å². The van der Waals surface area contributed by atoms with Gasteiger partial charge in [-0.1, -0.05) is 0 Å². The molecule has 13 heteroatoms. The van der Waals surface area contributed by atoms with Crippen LogP contribution in [0.4, 0.5) is 0 Å². The van der Waals surface area contributed by atoms with Crippen LogP contribution in [0.2, 0.25) is 0 Å². The van der Waals surface area contributed by atoms with Crippen molar-refractivity contribution in [3.8, 4) is 0 Å². The fourth-order valence-electron chi connectivity index (χ4n) is 0. The molecule has 0 heterocycles. The van der Waals surface area contributed by atoms with Gasteiger partial charge in [-0.2, -0.15) is 0 Å². The van der Waals surface area contributed by atoms with E-state index in [1.54, 1.807) is 0 Å². The molecule has 64 valence electrons. The molecule has 0 bridgehead atoms. The molecular formula is AlCaF2NaO6Si2. The zero-order valence-corrected chi connectivity index (χ0v) is 13.9. The van der Waals surface area contributed by atoms with E-state index in [-0.39, 0.29) is 94.1 Å². The maximum absolute atomic E-state index is 8.52. The molecule has 0 rings (SSSR count). The molecule has 0 amide bonds. The third-order valence-electron chi connectivity index (χ3n) is 0. The van der Waals surface area contributed by atoms with Gasteiger partial charge in [0.15, 0.2) is 0 Å². The summed E-state index contributed by atoms with van der Waals surface area (Å²) < 4.78 is 17.0. The second-order valence-electron chi connectivity index (χ2n) is 0.500. The van der Waals surface area contributed by atoms with E-state index in [1.165, 1.54) is 0 Å². The first-order valence-electron chi connectivity index (χ1n) is 1.22. The maximum Gasteiger partial charge on any atom is 3.00 e. The fourth-order valence-corrected chi connectivity index (χ4v) is 0. The topological polar surface area (TPSA) is 126 Å². The molecule has 0 N–H and O–H groups in total. The molecule has 6 nitrogen and oxygen atoms in total. The Morgan fingerprint density at radius 3 is 0.769 bits per heavy atom. The summed E-state index contributed by atoms with van der Waals surface area (Å²) in [4.78, 5) is 34.1. The summed E-state index contributed by atoms with van der Waals surface area (Å²) in [5, 5.41) is 0. The predicted molar refractivity (Wildman–Crippen MR) is 24.4 cm³/mol. The molecule has 0 aliphatic carbocycles. The molecule has 0 radical (unpaired) electrons. The van der Waals surface area contributed by atoms with E-state index < -0.39 is 18.3 Å². The van der Waals surface area contributed by atoms with Crippen molar-refractivity contribution in [2.45, 2.75) is 0 Å². The molecule has 0 atom stereocenters. The van der Waals surface area contributed by atoms with E-state index in [0.717, 1.165) is 0 Å². The Hall–Kier alpha value is 1.89. The molecule has 0 aromatic heterocycles. The van der Waals surface area contributed by atoms with Gasteiger partial charge in [0.05, 0.1) is 0 Å². The average molecular weight is 280 g/mol. The Kier molecular flexibility index (Phi) is 132. The summed E-state index contributed by atoms with van der Waals surface area (Å²) in [6, 6.07) is 0. The molecule has 0 aromatic rings. The summed E-state index contributed by atoms with van der Waals surface area (Å²) in [7, 11) is -7.26. The molecular weight excluding hydrogens is 280 g/mol. The number of halogens is 2.